The van der Waals surface area contributed by atoms with Crippen molar-refractivity contribution in [1.29, 1.82) is 0 Å². The second-order valence-corrected chi connectivity index (χ2v) is 12.0. The standard InChI is InChI=1S/C31H27ClN6OS/c32-28-24(11-10-23-27(28)30(39)38(19-36-23)21-7-2-1-3-8-21)40-26-18-34-25(17-35-26)37-14-12-31(13-15-37)16-20-6-4-5-9-22(20)29(31)33/h1-11,17-19,29H,12-16,33H2/t29-/m1/s1. The van der Waals surface area contributed by atoms with Crippen LogP contribution in [0.15, 0.2) is 100 Å². The van der Waals surface area contributed by atoms with Crippen molar-refractivity contribution >= 4 is 40.1 Å². The largest absolute Gasteiger partial charge is 0.355 e. The lowest BCUT2D eigenvalue weighted by atomic mass is 9.73. The Morgan fingerprint density at radius 1 is 0.925 bits per heavy atom. The van der Waals surface area contributed by atoms with E-state index in [2.05, 4.69) is 39.1 Å². The van der Waals surface area contributed by atoms with Gasteiger partial charge in [0.05, 0.1) is 34.0 Å². The molecule has 7 rings (SSSR count). The molecule has 3 aromatic carbocycles. The third kappa shape index (κ3) is 4.27. The van der Waals surface area contributed by atoms with Crippen LogP contribution >= 0.6 is 23.4 Å². The molecule has 0 amide bonds. The number of aromatic nitrogens is 4. The summed E-state index contributed by atoms with van der Waals surface area (Å²) >= 11 is 8.16. The number of benzene rings is 3. The summed E-state index contributed by atoms with van der Waals surface area (Å²) in [7, 11) is 0. The number of rotatable bonds is 4. The molecule has 3 heterocycles. The van der Waals surface area contributed by atoms with Gasteiger partial charge in [0.25, 0.3) is 5.56 Å². The lowest BCUT2D eigenvalue weighted by molar-refractivity contribution is 0.187. The Bertz CT molecular complexity index is 1770. The van der Waals surface area contributed by atoms with Crippen molar-refractivity contribution in [2.45, 2.75) is 35.2 Å². The molecule has 2 aliphatic rings. The van der Waals surface area contributed by atoms with Crippen LogP contribution in [0.1, 0.15) is 30.0 Å². The monoisotopic (exact) mass is 566 g/mol. The molecule has 2 N–H and O–H groups in total. The fourth-order valence-corrected chi connectivity index (χ4v) is 7.25. The van der Waals surface area contributed by atoms with Gasteiger partial charge in [0.15, 0.2) is 0 Å². The molecular formula is C31H27ClN6OS. The molecule has 1 atom stereocenters. The summed E-state index contributed by atoms with van der Waals surface area (Å²) in [6.45, 7) is 1.81. The van der Waals surface area contributed by atoms with Gasteiger partial charge in [0.1, 0.15) is 17.2 Å². The lowest BCUT2D eigenvalue weighted by Gasteiger charge is -2.42. The first-order chi connectivity index (χ1) is 19.5. The Kier molecular flexibility index (Phi) is 6.34. The molecular weight excluding hydrogens is 540 g/mol. The first kappa shape index (κ1) is 25.3. The van der Waals surface area contributed by atoms with E-state index in [1.807, 2.05) is 48.7 Å². The van der Waals surface area contributed by atoms with Crippen LogP contribution in [0.4, 0.5) is 5.82 Å². The molecule has 5 aromatic rings. The van der Waals surface area contributed by atoms with E-state index in [1.165, 1.54) is 33.8 Å². The Morgan fingerprint density at radius 3 is 2.45 bits per heavy atom. The van der Waals surface area contributed by atoms with Gasteiger partial charge in [-0.2, -0.15) is 0 Å². The highest BCUT2D eigenvalue weighted by molar-refractivity contribution is 7.99. The second kappa shape index (κ2) is 10.0. The number of nitrogens with two attached hydrogens (primary N) is 1. The van der Waals surface area contributed by atoms with E-state index in [1.54, 1.807) is 6.20 Å². The average molecular weight is 567 g/mol. The van der Waals surface area contributed by atoms with E-state index in [-0.39, 0.29) is 17.0 Å². The van der Waals surface area contributed by atoms with E-state index in [0.29, 0.717) is 21.0 Å². The number of nitrogens with zero attached hydrogens (tertiary/aromatic N) is 5. The van der Waals surface area contributed by atoms with Gasteiger partial charge < -0.3 is 10.6 Å². The van der Waals surface area contributed by atoms with E-state index >= 15 is 0 Å². The number of anilines is 1. The van der Waals surface area contributed by atoms with E-state index in [9.17, 15) is 4.79 Å². The summed E-state index contributed by atoms with van der Waals surface area (Å²) in [4.78, 5) is 30.2. The van der Waals surface area contributed by atoms with Gasteiger partial charge in [-0.15, -0.1) is 0 Å². The minimum Gasteiger partial charge on any atom is -0.355 e. The van der Waals surface area contributed by atoms with Gasteiger partial charge in [0.2, 0.25) is 0 Å². The molecule has 1 aliphatic heterocycles. The Labute approximate surface area is 241 Å². The van der Waals surface area contributed by atoms with Gasteiger partial charge in [-0.05, 0) is 60.1 Å². The number of piperidine rings is 1. The zero-order valence-corrected chi connectivity index (χ0v) is 23.3. The number of halogens is 1. The predicted octanol–water partition coefficient (Wildman–Crippen LogP) is 5.82. The SMILES string of the molecule is N[C@@H]1c2ccccc2CC12CCN(c1cnc(Sc3ccc4ncn(-c5ccccc5)c(=O)c4c3Cl)cn1)CC2. The van der Waals surface area contributed by atoms with Crippen molar-refractivity contribution in [1.82, 2.24) is 19.5 Å². The van der Waals surface area contributed by atoms with Gasteiger partial charge in [0, 0.05) is 24.0 Å². The van der Waals surface area contributed by atoms with E-state index in [4.69, 9.17) is 22.3 Å². The first-order valence-corrected chi connectivity index (χ1v) is 14.6. The van der Waals surface area contributed by atoms with Gasteiger partial charge in [-0.1, -0.05) is 65.8 Å². The Morgan fingerprint density at radius 2 is 1.70 bits per heavy atom. The molecule has 200 valence electrons. The van der Waals surface area contributed by atoms with Crippen molar-refractivity contribution < 1.29 is 0 Å². The molecule has 40 heavy (non-hydrogen) atoms. The smallest absolute Gasteiger partial charge is 0.267 e. The summed E-state index contributed by atoms with van der Waals surface area (Å²) in [5, 5.41) is 1.46. The number of fused-ring (bicyclic) bond motifs is 2. The normalized spacial score (nSPS) is 17.9. The number of hydrogen-bond donors (Lipinski definition) is 1. The zero-order chi connectivity index (χ0) is 27.3. The Balaban J connectivity index is 1.08. The van der Waals surface area contributed by atoms with Crippen LogP contribution in [-0.4, -0.2) is 32.6 Å². The maximum atomic E-state index is 13.3. The molecule has 1 fully saturated rings. The highest BCUT2D eigenvalue weighted by atomic mass is 35.5. The zero-order valence-electron chi connectivity index (χ0n) is 21.7. The van der Waals surface area contributed by atoms with Crippen LogP contribution in [-0.2, 0) is 6.42 Å². The van der Waals surface area contributed by atoms with Crippen LogP contribution in [0.25, 0.3) is 16.6 Å². The van der Waals surface area contributed by atoms with Gasteiger partial charge in [-0.25, -0.2) is 15.0 Å². The number of para-hydroxylation sites is 1. The van der Waals surface area contributed by atoms with Crippen molar-refractivity contribution in [3.63, 3.8) is 0 Å². The lowest BCUT2D eigenvalue weighted by Crippen LogP contribution is -2.44. The molecule has 0 bridgehead atoms. The van der Waals surface area contributed by atoms with Crippen molar-refractivity contribution in [2.24, 2.45) is 11.1 Å². The highest BCUT2D eigenvalue weighted by Gasteiger charge is 2.45. The average Bonchev–Trinajstić information content (AvgIpc) is 3.26. The second-order valence-electron chi connectivity index (χ2n) is 10.5. The summed E-state index contributed by atoms with van der Waals surface area (Å²) < 4.78 is 1.51. The molecule has 7 nitrogen and oxygen atoms in total. The topological polar surface area (TPSA) is 89.9 Å². The molecule has 0 radical (unpaired) electrons. The Hall–Kier alpha value is -3.72. The van der Waals surface area contributed by atoms with Crippen LogP contribution in [0, 0.1) is 5.41 Å². The summed E-state index contributed by atoms with van der Waals surface area (Å²) in [5.41, 5.74) is 10.7. The van der Waals surface area contributed by atoms with Crippen LogP contribution in [0.2, 0.25) is 5.02 Å². The quantitative estimate of drug-likeness (QED) is 0.293. The third-order valence-corrected chi connectivity index (χ3v) is 9.85. The minimum absolute atomic E-state index is 0.0921. The first-order valence-electron chi connectivity index (χ1n) is 13.4. The molecule has 2 aromatic heterocycles. The van der Waals surface area contributed by atoms with Crippen molar-refractivity contribution in [3.8, 4) is 5.69 Å². The van der Waals surface area contributed by atoms with E-state index in [0.717, 1.165) is 48.8 Å². The third-order valence-electron chi connectivity index (χ3n) is 8.37. The molecule has 1 spiro atoms. The van der Waals surface area contributed by atoms with Crippen LogP contribution in [0.5, 0.6) is 0 Å². The summed E-state index contributed by atoms with van der Waals surface area (Å²) in [5.74, 6) is 0.864. The molecule has 9 heteroatoms. The van der Waals surface area contributed by atoms with Gasteiger partial charge in [-0.3, -0.25) is 9.36 Å². The molecule has 1 aliphatic carbocycles. The summed E-state index contributed by atoms with van der Waals surface area (Å²) in [6, 6.07) is 21.8. The predicted molar refractivity (Wildman–Crippen MR) is 159 cm³/mol. The maximum Gasteiger partial charge on any atom is 0.267 e. The number of hydrogen-bond acceptors (Lipinski definition) is 7. The molecule has 1 saturated heterocycles. The summed E-state index contributed by atoms with van der Waals surface area (Å²) in [6.07, 6.45) is 8.24. The maximum absolute atomic E-state index is 13.3. The fourth-order valence-electron chi connectivity index (χ4n) is 6.13. The minimum atomic E-state index is -0.210. The molecule has 0 saturated carbocycles. The van der Waals surface area contributed by atoms with Gasteiger partial charge >= 0.3 is 0 Å². The van der Waals surface area contributed by atoms with Crippen LogP contribution in [0.3, 0.4) is 0 Å². The molecule has 0 unspecified atom stereocenters. The van der Waals surface area contributed by atoms with Crippen molar-refractivity contribution in [2.75, 3.05) is 18.0 Å². The fraction of sp³-hybridized carbons (Fsp3) is 0.226. The van der Waals surface area contributed by atoms with E-state index < -0.39 is 0 Å². The highest BCUT2D eigenvalue weighted by Crippen LogP contribution is 2.50. The van der Waals surface area contributed by atoms with Crippen LogP contribution < -0.4 is 16.2 Å². The van der Waals surface area contributed by atoms with Crippen molar-refractivity contribution in [3.05, 3.63) is 112 Å².